The second-order valence-electron chi connectivity index (χ2n) is 7.07. The van der Waals surface area contributed by atoms with E-state index in [2.05, 4.69) is 16.3 Å². The van der Waals surface area contributed by atoms with Crippen LogP contribution in [-0.2, 0) is 14.3 Å². The van der Waals surface area contributed by atoms with Gasteiger partial charge in [0.05, 0.1) is 11.3 Å². The van der Waals surface area contributed by atoms with Crippen LogP contribution in [0.1, 0.15) is 28.8 Å². The molecule has 0 aliphatic carbocycles. The fourth-order valence-corrected chi connectivity index (χ4v) is 4.04. The molecule has 2 amide bonds. The van der Waals surface area contributed by atoms with Crippen molar-refractivity contribution < 1.29 is 19.1 Å². The fourth-order valence-electron chi connectivity index (χ4n) is 3.27. The number of nitrogens with two attached hydrogens (primary N) is 1. The van der Waals surface area contributed by atoms with Crippen molar-refractivity contribution in [3.05, 3.63) is 53.6 Å². The molecule has 2 aromatic rings. The molecule has 3 N–H and O–H groups in total. The van der Waals surface area contributed by atoms with Gasteiger partial charge in [-0.15, -0.1) is 11.8 Å². The molecule has 7 nitrogen and oxygen atoms in total. The van der Waals surface area contributed by atoms with E-state index in [1.807, 2.05) is 19.1 Å². The number of ether oxygens (including phenoxy) is 1. The lowest BCUT2D eigenvalue weighted by atomic mass is 10.1. The highest BCUT2D eigenvalue weighted by Crippen LogP contribution is 2.26. The topological polar surface area (TPSA) is 102 Å². The van der Waals surface area contributed by atoms with Crippen LogP contribution in [0.4, 0.5) is 11.4 Å². The Morgan fingerprint density at radius 2 is 1.87 bits per heavy atom. The molecule has 1 fully saturated rings. The van der Waals surface area contributed by atoms with Gasteiger partial charge < -0.3 is 20.7 Å². The van der Waals surface area contributed by atoms with Crippen LogP contribution in [0.15, 0.2) is 47.4 Å². The minimum Gasteiger partial charge on any atom is -0.452 e. The van der Waals surface area contributed by atoms with E-state index >= 15 is 0 Å². The molecule has 0 radical (unpaired) electrons. The Morgan fingerprint density at radius 1 is 1.13 bits per heavy atom. The van der Waals surface area contributed by atoms with Crippen LogP contribution in [0, 0.1) is 6.92 Å². The summed E-state index contributed by atoms with van der Waals surface area (Å²) in [5.41, 5.74) is 8.25. The zero-order chi connectivity index (χ0) is 21.5. The first-order valence-corrected chi connectivity index (χ1v) is 10.8. The Hall–Kier alpha value is -3.00. The molecule has 1 saturated heterocycles. The number of hydrogen-bond donors (Lipinski definition) is 2. The molecule has 3 rings (SSSR count). The van der Waals surface area contributed by atoms with Gasteiger partial charge in [0.15, 0.2) is 6.61 Å². The maximum atomic E-state index is 12.4. The molecular weight excluding hydrogens is 402 g/mol. The van der Waals surface area contributed by atoms with Gasteiger partial charge >= 0.3 is 5.97 Å². The normalized spacial score (nSPS) is 13.2. The van der Waals surface area contributed by atoms with Gasteiger partial charge in [-0.05, 0) is 55.7 Å². The first-order valence-electron chi connectivity index (χ1n) is 9.77. The average molecular weight is 428 g/mol. The highest BCUT2D eigenvalue weighted by atomic mass is 32.2. The summed E-state index contributed by atoms with van der Waals surface area (Å²) in [7, 11) is 0. The van der Waals surface area contributed by atoms with Gasteiger partial charge in [0.2, 0.25) is 5.91 Å². The Balaban J connectivity index is 1.56. The van der Waals surface area contributed by atoms with Crippen molar-refractivity contribution in [2.24, 2.45) is 5.73 Å². The van der Waals surface area contributed by atoms with Crippen molar-refractivity contribution >= 4 is 40.9 Å². The van der Waals surface area contributed by atoms with Crippen LogP contribution in [0.5, 0.6) is 0 Å². The summed E-state index contributed by atoms with van der Waals surface area (Å²) in [6, 6.07) is 12.7. The Bertz CT molecular complexity index is 942. The molecule has 30 heavy (non-hydrogen) atoms. The number of anilines is 2. The molecule has 2 aromatic carbocycles. The van der Waals surface area contributed by atoms with E-state index in [9.17, 15) is 14.4 Å². The Kier molecular flexibility index (Phi) is 7.35. The summed E-state index contributed by atoms with van der Waals surface area (Å²) in [4.78, 5) is 38.6. The molecule has 1 aliphatic rings. The first kappa shape index (κ1) is 21.7. The Morgan fingerprint density at radius 3 is 2.57 bits per heavy atom. The summed E-state index contributed by atoms with van der Waals surface area (Å²) < 4.78 is 5.17. The fraction of sp³-hybridized carbons (Fsp3) is 0.318. The van der Waals surface area contributed by atoms with Gasteiger partial charge in [-0.25, -0.2) is 4.79 Å². The molecular formula is C22H25N3O4S. The lowest BCUT2D eigenvalue weighted by molar-refractivity contribution is -0.119. The summed E-state index contributed by atoms with van der Waals surface area (Å²) >= 11 is 1.15. The van der Waals surface area contributed by atoms with E-state index < -0.39 is 24.4 Å². The number of rotatable bonds is 8. The molecule has 8 heteroatoms. The van der Waals surface area contributed by atoms with E-state index in [4.69, 9.17) is 10.5 Å². The number of carbonyl (C=O) groups is 3. The predicted octanol–water partition coefficient (Wildman–Crippen LogP) is 2.97. The minimum absolute atomic E-state index is 0.0531. The van der Waals surface area contributed by atoms with E-state index in [1.165, 1.54) is 12.8 Å². The van der Waals surface area contributed by atoms with E-state index in [1.54, 1.807) is 24.3 Å². The summed E-state index contributed by atoms with van der Waals surface area (Å²) in [6.07, 6.45) is 2.40. The molecule has 0 spiro atoms. The lowest BCUT2D eigenvalue weighted by Gasteiger charge is -2.19. The SMILES string of the molecule is Cc1cc(N2CCCC2)ccc1NC(=O)COC(=O)c1ccccc1SCC(N)=O. The number of primary amides is 1. The highest BCUT2D eigenvalue weighted by molar-refractivity contribution is 8.00. The van der Waals surface area contributed by atoms with Crippen molar-refractivity contribution in [2.45, 2.75) is 24.7 Å². The van der Waals surface area contributed by atoms with Crippen LogP contribution < -0.4 is 16.0 Å². The van der Waals surface area contributed by atoms with Crippen LogP contribution in [0.2, 0.25) is 0 Å². The van der Waals surface area contributed by atoms with Crippen molar-refractivity contribution in [1.82, 2.24) is 0 Å². The van der Waals surface area contributed by atoms with Crippen molar-refractivity contribution in [3.8, 4) is 0 Å². The van der Waals surface area contributed by atoms with Crippen LogP contribution in [0.3, 0.4) is 0 Å². The molecule has 0 atom stereocenters. The Labute approximate surface area is 180 Å². The van der Waals surface area contributed by atoms with Gasteiger partial charge in [0, 0.05) is 29.4 Å². The van der Waals surface area contributed by atoms with Gasteiger partial charge in [-0.1, -0.05) is 12.1 Å². The van der Waals surface area contributed by atoms with Crippen molar-refractivity contribution in [1.29, 1.82) is 0 Å². The van der Waals surface area contributed by atoms with Crippen LogP contribution in [-0.4, -0.2) is 43.2 Å². The van der Waals surface area contributed by atoms with E-state index in [0.29, 0.717) is 16.1 Å². The van der Waals surface area contributed by atoms with Gasteiger partial charge in [-0.3, -0.25) is 9.59 Å². The quantitative estimate of drug-likeness (QED) is 0.496. The lowest BCUT2D eigenvalue weighted by Crippen LogP contribution is -2.22. The molecule has 0 unspecified atom stereocenters. The third kappa shape index (κ3) is 5.76. The molecule has 0 saturated carbocycles. The molecule has 158 valence electrons. The summed E-state index contributed by atoms with van der Waals surface area (Å²) in [6.45, 7) is 3.65. The summed E-state index contributed by atoms with van der Waals surface area (Å²) in [5.74, 6) is -1.47. The summed E-state index contributed by atoms with van der Waals surface area (Å²) in [5, 5.41) is 2.79. The number of nitrogens with one attached hydrogen (secondary N) is 1. The monoisotopic (exact) mass is 427 g/mol. The largest absolute Gasteiger partial charge is 0.452 e. The predicted molar refractivity (Wildman–Crippen MR) is 118 cm³/mol. The number of hydrogen-bond acceptors (Lipinski definition) is 6. The van der Waals surface area contributed by atoms with Gasteiger partial charge in [-0.2, -0.15) is 0 Å². The minimum atomic E-state index is -0.626. The second kappa shape index (κ2) is 10.2. The van der Waals surface area contributed by atoms with Gasteiger partial charge in [0.25, 0.3) is 5.91 Å². The third-order valence-electron chi connectivity index (χ3n) is 4.77. The smallest absolute Gasteiger partial charge is 0.339 e. The third-order valence-corrected chi connectivity index (χ3v) is 5.86. The standard InChI is InChI=1S/C22H25N3O4S/c1-15-12-16(25-10-4-5-11-25)8-9-18(15)24-21(27)13-29-22(28)17-6-2-3-7-19(17)30-14-20(23)26/h2-3,6-9,12H,4-5,10-11,13-14H2,1H3,(H2,23,26)(H,24,27). The molecule has 1 heterocycles. The second-order valence-corrected chi connectivity index (χ2v) is 8.09. The first-order chi connectivity index (χ1) is 14.4. The number of benzene rings is 2. The number of amides is 2. The van der Waals surface area contributed by atoms with Crippen molar-refractivity contribution in [2.75, 3.05) is 35.7 Å². The van der Waals surface area contributed by atoms with Crippen molar-refractivity contribution in [3.63, 3.8) is 0 Å². The van der Waals surface area contributed by atoms with Gasteiger partial charge in [0.1, 0.15) is 0 Å². The maximum Gasteiger partial charge on any atom is 0.339 e. The number of esters is 1. The maximum absolute atomic E-state index is 12.4. The van der Waals surface area contributed by atoms with Crippen LogP contribution in [0.25, 0.3) is 0 Å². The van der Waals surface area contributed by atoms with Crippen LogP contribution >= 0.6 is 11.8 Å². The molecule has 0 aromatic heterocycles. The molecule has 0 bridgehead atoms. The number of nitrogens with zero attached hydrogens (tertiary/aromatic N) is 1. The number of thioether (sulfide) groups is 1. The zero-order valence-corrected chi connectivity index (χ0v) is 17.7. The number of carbonyl (C=O) groups excluding carboxylic acids is 3. The number of aryl methyl sites for hydroxylation is 1. The van der Waals surface area contributed by atoms with E-state index in [-0.39, 0.29) is 5.75 Å². The zero-order valence-electron chi connectivity index (χ0n) is 16.8. The average Bonchev–Trinajstić information content (AvgIpc) is 3.27. The highest BCUT2D eigenvalue weighted by Gasteiger charge is 2.16. The van der Waals surface area contributed by atoms with E-state index in [0.717, 1.165) is 36.1 Å². The molecule has 1 aliphatic heterocycles.